The quantitative estimate of drug-likeness (QED) is 0.345. The Bertz CT molecular complexity index is 1450. The lowest BCUT2D eigenvalue weighted by Crippen LogP contribution is -2.63. The van der Waals surface area contributed by atoms with Crippen LogP contribution in [0.15, 0.2) is 43.1 Å². The molecule has 13 heteroatoms. The number of rotatable bonds is 6. The second kappa shape index (κ2) is 9.77. The van der Waals surface area contributed by atoms with Crippen LogP contribution in [0, 0.1) is 5.82 Å². The largest absolute Gasteiger partial charge is 0.385 e. The van der Waals surface area contributed by atoms with Gasteiger partial charge in [0.2, 0.25) is 0 Å². The van der Waals surface area contributed by atoms with E-state index in [0.717, 1.165) is 5.56 Å². The zero-order chi connectivity index (χ0) is 26.3. The highest BCUT2D eigenvalue weighted by Gasteiger charge is 2.43. The summed E-state index contributed by atoms with van der Waals surface area (Å²) in [5.41, 5.74) is 14.0. The molecule has 0 saturated carbocycles. The molecule has 4 heterocycles. The minimum absolute atomic E-state index is 0.00189. The summed E-state index contributed by atoms with van der Waals surface area (Å²) in [6, 6.07) is 6.18. The van der Waals surface area contributed by atoms with E-state index < -0.39 is 23.9 Å². The molecule has 1 aromatic carbocycles. The summed E-state index contributed by atoms with van der Waals surface area (Å²) in [6.45, 7) is 0.791. The molecule has 4 aromatic rings. The molecule has 1 aliphatic rings. The van der Waals surface area contributed by atoms with Gasteiger partial charge < -0.3 is 26.0 Å². The summed E-state index contributed by atoms with van der Waals surface area (Å²) in [5.74, 6) is -0.342. The molecule has 0 unspecified atom stereocenters. The molecule has 1 aliphatic heterocycles. The van der Waals surface area contributed by atoms with Crippen molar-refractivity contribution in [2.45, 2.75) is 37.5 Å². The molecule has 0 aliphatic carbocycles. The van der Waals surface area contributed by atoms with Crippen molar-refractivity contribution in [3.8, 4) is 11.3 Å². The summed E-state index contributed by atoms with van der Waals surface area (Å²) in [4.78, 5) is 18.9. The van der Waals surface area contributed by atoms with Gasteiger partial charge in [-0.3, -0.25) is 4.98 Å². The van der Waals surface area contributed by atoms with E-state index in [0.29, 0.717) is 41.1 Å². The molecule has 0 radical (unpaired) electrons. The van der Waals surface area contributed by atoms with Crippen molar-refractivity contribution in [3.05, 3.63) is 59.5 Å². The SMILES string of the molecule is Nc1ncnc2c1ncn2Cc1cc(-c2ccc(Cl)c(F)c2)ncc1N1CCC[C@](N)([C@@H](O)C(F)F)C1. The number of alkyl halides is 2. The maximum atomic E-state index is 14.2. The molecular weight excluding hydrogens is 509 g/mol. The summed E-state index contributed by atoms with van der Waals surface area (Å²) < 4.78 is 42.7. The fourth-order valence-corrected chi connectivity index (χ4v) is 4.84. The molecule has 194 valence electrons. The summed E-state index contributed by atoms with van der Waals surface area (Å²) in [6.07, 6.45) is 0.326. The minimum Gasteiger partial charge on any atom is -0.385 e. The van der Waals surface area contributed by atoms with E-state index >= 15 is 0 Å². The Balaban J connectivity index is 1.58. The normalized spacial score (nSPS) is 19.1. The van der Waals surface area contributed by atoms with Gasteiger partial charge in [0.05, 0.1) is 41.0 Å². The number of aromatic nitrogens is 5. The second-order valence-electron chi connectivity index (χ2n) is 9.17. The van der Waals surface area contributed by atoms with E-state index in [4.69, 9.17) is 23.1 Å². The molecule has 1 saturated heterocycles. The molecule has 37 heavy (non-hydrogen) atoms. The lowest BCUT2D eigenvalue weighted by Gasteiger charge is -2.44. The number of pyridine rings is 1. The van der Waals surface area contributed by atoms with Gasteiger partial charge in [-0.25, -0.2) is 28.1 Å². The first-order valence-electron chi connectivity index (χ1n) is 11.5. The van der Waals surface area contributed by atoms with Crippen LogP contribution in [0.5, 0.6) is 0 Å². The Hall–Kier alpha value is -3.48. The molecule has 5 N–H and O–H groups in total. The number of benzene rings is 1. The molecule has 2 atom stereocenters. The number of aliphatic hydroxyl groups excluding tert-OH is 1. The third-order valence-corrected chi connectivity index (χ3v) is 6.98. The highest BCUT2D eigenvalue weighted by molar-refractivity contribution is 6.30. The Kier molecular flexibility index (Phi) is 6.65. The van der Waals surface area contributed by atoms with Gasteiger partial charge in [0.25, 0.3) is 6.43 Å². The van der Waals surface area contributed by atoms with Gasteiger partial charge in [-0.05, 0) is 36.6 Å². The minimum atomic E-state index is -2.97. The maximum Gasteiger partial charge on any atom is 0.265 e. The van der Waals surface area contributed by atoms with Crippen LogP contribution in [0.3, 0.4) is 0 Å². The van der Waals surface area contributed by atoms with E-state index in [2.05, 4.69) is 19.9 Å². The highest BCUT2D eigenvalue weighted by Crippen LogP contribution is 2.33. The van der Waals surface area contributed by atoms with Crippen molar-refractivity contribution < 1.29 is 18.3 Å². The monoisotopic (exact) mass is 532 g/mol. The van der Waals surface area contributed by atoms with Gasteiger partial charge in [0.15, 0.2) is 11.5 Å². The first kappa shape index (κ1) is 25.2. The number of piperidine rings is 1. The van der Waals surface area contributed by atoms with Gasteiger partial charge in [-0.15, -0.1) is 0 Å². The van der Waals surface area contributed by atoms with Crippen LogP contribution in [0.25, 0.3) is 22.4 Å². The van der Waals surface area contributed by atoms with Crippen molar-refractivity contribution in [2.24, 2.45) is 5.73 Å². The zero-order valence-electron chi connectivity index (χ0n) is 19.5. The first-order chi connectivity index (χ1) is 17.7. The molecule has 5 rings (SSSR count). The third-order valence-electron chi connectivity index (χ3n) is 6.68. The number of anilines is 2. The number of nitrogen functional groups attached to an aromatic ring is 1. The van der Waals surface area contributed by atoms with Crippen molar-refractivity contribution in [1.82, 2.24) is 24.5 Å². The van der Waals surface area contributed by atoms with Crippen LogP contribution in [-0.4, -0.2) is 60.8 Å². The fraction of sp³-hybridized carbons (Fsp3) is 0.333. The second-order valence-corrected chi connectivity index (χ2v) is 9.58. The number of aliphatic hydroxyl groups is 1. The predicted molar refractivity (Wildman–Crippen MR) is 134 cm³/mol. The van der Waals surface area contributed by atoms with E-state index in [1.807, 2.05) is 4.90 Å². The van der Waals surface area contributed by atoms with Gasteiger partial charge in [-0.1, -0.05) is 17.7 Å². The zero-order valence-corrected chi connectivity index (χ0v) is 20.3. The number of nitrogens with two attached hydrogens (primary N) is 2. The van der Waals surface area contributed by atoms with Crippen LogP contribution in [0.4, 0.5) is 24.7 Å². The lowest BCUT2D eigenvalue weighted by atomic mass is 9.84. The van der Waals surface area contributed by atoms with Gasteiger partial charge in [0.1, 0.15) is 23.8 Å². The van der Waals surface area contributed by atoms with Gasteiger partial charge in [-0.2, -0.15) is 0 Å². The van der Waals surface area contributed by atoms with E-state index in [9.17, 15) is 18.3 Å². The van der Waals surface area contributed by atoms with E-state index in [1.54, 1.807) is 29.2 Å². The van der Waals surface area contributed by atoms with Crippen LogP contribution < -0.4 is 16.4 Å². The lowest BCUT2D eigenvalue weighted by molar-refractivity contribution is -0.0529. The number of hydrogen-bond acceptors (Lipinski definition) is 8. The van der Waals surface area contributed by atoms with Crippen LogP contribution in [-0.2, 0) is 6.54 Å². The van der Waals surface area contributed by atoms with Crippen LogP contribution >= 0.6 is 11.6 Å². The Morgan fingerprint density at radius 2 is 1.97 bits per heavy atom. The fourth-order valence-electron chi connectivity index (χ4n) is 4.72. The smallest absolute Gasteiger partial charge is 0.265 e. The van der Waals surface area contributed by atoms with Gasteiger partial charge >= 0.3 is 0 Å². The van der Waals surface area contributed by atoms with E-state index in [-0.39, 0.29) is 30.4 Å². The van der Waals surface area contributed by atoms with E-state index in [1.165, 1.54) is 18.5 Å². The average Bonchev–Trinajstić information content (AvgIpc) is 3.29. The average molecular weight is 533 g/mol. The molecule has 3 aromatic heterocycles. The van der Waals surface area contributed by atoms with Crippen molar-refractivity contribution in [3.63, 3.8) is 0 Å². The number of nitrogens with zero attached hydrogens (tertiary/aromatic N) is 6. The summed E-state index contributed by atoms with van der Waals surface area (Å²) in [5, 5.41) is 10.1. The third kappa shape index (κ3) is 4.79. The molecule has 0 bridgehead atoms. The molecule has 9 nitrogen and oxygen atoms in total. The summed E-state index contributed by atoms with van der Waals surface area (Å²) in [7, 11) is 0. The van der Waals surface area contributed by atoms with Crippen molar-refractivity contribution in [1.29, 1.82) is 0 Å². The number of hydrogen-bond donors (Lipinski definition) is 3. The Morgan fingerprint density at radius 3 is 2.73 bits per heavy atom. The first-order valence-corrected chi connectivity index (χ1v) is 11.9. The molecule has 0 spiro atoms. The summed E-state index contributed by atoms with van der Waals surface area (Å²) >= 11 is 5.84. The Labute approximate surface area is 214 Å². The topological polar surface area (TPSA) is 132 Å². The molecule has 1 fully saturated rings. The maximum absolute atomic E-state index is 14.2. The van der Waals surface area contributed by atoms with Crippen molar-refractivity contribution in [2.75, 3.05) is 23.7 Å². The number of imidazole rings is 1. The molecular formula is C24H24ClF3N8O. The molecule has 0 amide bonds. The Morgan fingerprint density at radius 1 is 1.16 bits per heavy atom. The van der Waals surface area contributed by atoms with Crippen LogP contribution in [0.1, 0.15) is 18.4 Å². The number of halogens is 4. The highest BCUT2D eigenvalue weighted by atomic mass is 35.5. The standard InChI is InChI=1S/C24H24ClF3N8O/c25-15-3-2-13(6-16(15)26)17-7-14(9-36-12-34-19-22(29)32-11-33-23(19)36)18(8-31-17)35-5-1-4-24(30,10-35)20(37)21(27)28/h2-3,6-8,11-12,20-21,37H,1,4-5,9-10,30H2,(H2,29,32,33)/t20-,24+/m0/s1. The number of fused-ring (bicyclic) bond motifs is 1. The van der Waals surface area contributed by atoms with Crippen LogP contribution in [0.2, 0.25) is 5.02 Å². The van der Waals surface area contributed by atoms with Gasteiger partial charge in [0, 0.05) is 18.7 Å². The van der Waals surface area contributed by atoms with Crippen molar-refractivity contribution >= 4 is 34.3 Å². The predicted octanol–water partition coefficient (Wildman–Crippen LogP) is 3.24.